The fourth-order valence-electron chi connectivity index (χ4n) is 2.08. The van der Waals surface area contributed by atoms with Crippen LogP contribution in [0, 0.1) is 0 Å². The maximum atomic E-state index is 12.3. The van der Waals surface area contributed by atoms with Crippen molar-refractivity contribution in [2.75, 3.05) is 13.1 Å². The zero-order chi connectivity index (χ0) is 15.1. The van der Waals surface area contributed by atoms with Crippen molar-refractivity contribution in [3.8, 4) is 0 Å². The van der Waals surface area contributed by atoms with Crippen LogP contribution in [0.1, 0.15) is 33.3 Å². The topological polar surface area (TPSA) is 40.6 Å². The first kappa shape index (κ1) is 16.2. The van der Waals surface area contributed by atoms with Gasteiger partial charge in [-0.1, -0.05) is 30.3 Å². The quantitative estimate of drug-likeness (QED) is 0.800. The highest BCUT2D eigenvalue weighted by molar-refractivity contribution is 5.84. The minimum Gasteiger partial charge on any atom is -0.337 e. The summed E-state index contributed by atoms with van der Waals surface area (Å²) in [6.45, 7) is 8.66. The first-order valence-electron chi connectivity index (χ1n) is 7.04. The summed E-state index contributed by atoms with van der Waals surface area (Å²) in [5, 5.41) is 0. The van der Waals surface area contributed by atoms with Crippen LogP contribution in [0.15, 0.2) is 30.3 Å². The largest absolute Gasteiger partial charge is 0.337 e. The second-order valence-electron chi connectivity index (χ2n) is 5.13. The first-order chi connectivity index (χ1) is 9.45. The molecule has 0 spiro atoms. The van der Waals surface area contributed by atoms with E-state index in [9.17, 15) is 9.59 Å². The second-order valence-corrected chi connectivity index (χ2v) is 5.13. The molecule has 0 atom stereocenters. The summed E-state index contributed by atoms with van der Waals surface area (Å²) in [4.78, 5) is 27.2. The summed E-state index contributed by atoms with van der Waals surface area (Å²) in [5.41, 5.74) is 1.10. The van der Waals surface area contributed by atoms with Crippen molar-refractivity contribution in [1.29, 1.82) is 0 Å². The minimum absolute atomic E-state index is 0.0137. The van der Waals surface area contributed by atoms with Gasteiger partial charge < -0.3 is 9.80 Å². The Hall–Kier alpha value is -1.84. The minimum atomic E-state index is -0.0656. The van der Waals surface area contributed by atoms with Gasteiger partial charge in [0.2, 0.25) is 11.8 Å². The third-order valence-corrected chi connectivity index (χ3v) is 3.28. The number of hydrogen-bond donors (Lipinski definition) is 0. The molecule has 0 heterocycles. The SMILES string of the molecule is CCN(Cc1ccccc1)C(=O)CN(C(C)=O)C(C)C. The van der Waals surface area contributed by atoms with Gasteiger partial charge in [0.25, 0.3) is 0 Å². The second kappa shape index (κ2) is 7.68. The van der Waals surface area contributed by atoms with Gasteiger partial charge in [0.1, 0.15) is 0 Å². The van der Waals surface area contributed by atoms with E-state index in [-0.39, 0.29) is 24.4 Å². The van der Waals surface area contributed by atoms with Crippen molar-refractivity contribution in [3.63, 3.8) is 0 Å². The smallest absolute Gasteiger partial charge is 0.242 e. The van der Waals surface area contributed by atoms with Gasteiger partial charge in [-0.3, -0.25) is 9.59 Å². The fraction of sp³-hybridized carbons (Fsp3) is 0.500. The maximum absolute atomic E-state index is 12.3. The van der Waals surface area contributed by atoms with Crippen LogP contribution in [0.4, 0.5) is 0 Å². The van der Waals surface area contributed by atoms with Crippen LogP contribution in [0.2, 0.25) is 0 Å². The number of nitrogens with zero attached hydrogens (tertiary/aromatic N) is 2. The van der Waals surface area contributed by atoms with Gasteiger partial charge in [-0.2, -0.15) is 0 Å². The molecular formula is C16H24N2O2. The van der Waals surface area contributed by atoms with Crippen LogP contribution in [0.3, 0.4) is 0 Å². The Morgan fingerprint density at radius 2 is 1.75 bits per heavy atom. The average Bonchev–Trinajstić information content (AvgIpc) is 2.42. The number of likely N-dealkylation sites (N-methyl/N-ethyl adjacent to an activating group) is 1. The molecule has 0 saturated carbocycles. The molecule has 1 aromatic carbocycles. The highest BCUT2D eigenvalue weighted by Crippen LogP contribution is 2.07. The van der Waals surface area contributed by atoms with Gasteiger partial charge in [0.15, 0.2) is 0 Å². The van der Waals surface area contributed by atoms with Crippen LogP contribution in [0.5, 0.6) is 0 Å². The molecule has 0 saturated heterocycles. The van der Waals surface area contributed by atoms with Gasteiger partial charge in [-0.05, 0) is 26.3 Å². The Balaban J connectivity index is 2.69. The summed E-state index contributed by atoms with van der Waals surface area (Å²) in [7, 11) is 0. The van der Waals surface area contributed by atoms with Gasteiger partial charge >= 0.3 is 0 Å². The van der Waals surface area contributed by atoms with Gasteiger partial charge in [0, 0.05) is 26.1 Å². The normalized spacial score (nSPS) is 10.4. The van der Waals surface area contributed by atoms with Gasteiger partial charge in [0.05, 0.1) is 6.54 Å². The molecule has 110 valence electrons. The molecule has 1 rings (SSSR count). The highest BCUT2D eigenvalue weighted by atomic mass is 16.2. The van der Waals surface area contributed by atoms with Crippen molar-refractivity contribution in [2.24, 2.45) is 0 Å². The highest BCUT2D eigenvalue weighted by Gasteiger charge is 2.20. The molecule has 0 unspecified atom stereocenters. The predicted molar refractivity (Wildman–Crippen MR) is 80.1 cm³/mol. The van der Waals surface area contributed by atoms with Crippen molar-refractivity contribution < 1.29 is 9.59 Å². The number of carbonyl (C=O) groups excluding carboxylic acids is 2. The Bertz CT molecular complexity index is 443. The van der Waals surface area contributed by atoms with E-state index in [4.69, 9.17) is 0 Å². The van der Waals surface area contributed by atoms with E-state index in [2.05, 4.69) is 0 Å². The molecule has 1 aromatic rings. The third kappa shape index (κ3) is 4.68. The number of benzene rings is 1. The van der Waals surface area contributed by atoms with E-state index in [0.717, 1.165) is 5.56 Å². The number of rotatable bonds is 6. The van der Waals surface area contributed by atoms with Crippen molar-refractivity contribution in [2.45, 2.75) is 40.3 Å². The van der Waals surface area contributed by atoms with Crippen LogP contribution >= 0.6 is 0 Å². The maximum Gasteiger partial charge on any atom is 0.242 e. The average molecular weight is 276 g/mol. The zero-order valence-electron chi connectivity index (χ0n) is 12.8. The molecule has 0 aliphatic carbocycles. The standard InChI is InChI=1S/C16H24N2O2/c1-5-17(11-15-9-7-6-8-10-15)16(20)12-18(13(2)3)14(4)19/h6-10,13H,5,11-12H2,1-4H3. The molecule has 0 aliphatic rings. The molecule has 0 fully saturated rings. The Kier molecular flexibility index (Phi) is 6.22. The summed E-state index contributed by atoms with van der Waals surface area (Å²) in [5.74, 6) is -0.0793. The first-order valence-corrected chi connectivity index (χ1v) is 7.04. The Labute approximate surface area is 121 Å². The summed E-state index contributed by atoms with van der Waals surface area (Å²) in [6.07, 6.45) is 0. The monoisotopic (exact) mass is 276 g/mol. The van der Waals surface area contributed by atoms with Gasteiger partial charge in [-0.15, -0.1) is 0 Å². The molecule has 0 radical (unpaired) electrons. The number of hydrogen-bond acceptors (Lipinski definition) is 2. The van der Waals surface area contributed by atoms with E-state index >= 15 is 0 Å². The molecule has 4 nitrogen and oxygen atoms in total. The predicted octanol–water partition coefficient (Wildman–Crippen LogP) is 2.29. The lowest BCUT2D eigenvalue weighted by atomic mass is 10.2. The third-order valence-electron chi connectivity index (χ3n) is 3.28. The van der Waals surface area contributed by atoms with Crippen molar-refractivity contribution >= 4 is 11.8 Å². The van der Waals surface area contributed by atoms with Crippen LogP contribution in [-0.4, -0.2) is 40.7 Å². The Morgan fingerprint density at radius 3 is 2.20 bits per heavy atom. The molecule has 0 bridgehead atoms. The number of amides is 2. The fourth-order valence-corrected chi connectivity index (χ4v) is 2.08. The van der Waals surface area contributed by atoms with E-state index < -0.39 is 0 Å². The van der Waals surface area contributed by atoms with E-state index in [1.54, 1.807) is 9.80 Å². The summed E-state index contributed by atoms with van der Waals surface area (Å²) in [6, 6.07) is 9.92. The summed E-state index contributed by atoms with van der Waals surface area (Å²) >= 11 is 0. The van der Waals surface area contributed by atoms with E-state index in [1.165, 1.54) is 6.92 Å². The zero-order valence-corrected chi connectivity index (χ0v) is 12.8. The van der Waals surface area contributed by atoms with E-state index in [0.29, 0.717) is 13.1 Å². The van der Waals surface area contributed by atoms with Crippen LogP contribution in [0.25, 0.3) is 0 Å². The lowest BCUT2D eigenvalue weighted by Gasteiger charge is -2.28. The van der Waals surface area contributed by atoms with Crippen LogP contribution < -0.4 is 0 Å². The lowest BCUT2D eigenvalue weighted by molar-refractivity contribution is -0.141. The van der Waals surface area contributed by atoms with Crippen molar-refractivity contribution in [1.82, 2.24) is 9.80 Å². The molecule has 0 aromatic heterocycles. The molecule has 4 heteroatoms. The lowest BCUT2D eigenvalue weighted by Crippen LogP contribution is -2.44. The molecular weight excluding hydrogens is 252 g/mol. The van der Waals surface area contributed by atoms with E-state index in [1.807, 2.05) is 51.1 Å². The molecule has 0 aliphatic heterocycles. The summed E-state index contributed by atoms with van der Waals surface area (Å²) < 4.78 is 0. The van der Waals surface area contributed by atoms with Crippen molar-refractivity contribution in [3.05, 3.63) is 35.9 Å². The molecule has 2 amide bonds. The molecule has 20 heavy (non-hydrogen) atoms. The number of carbonyl (C=O) groups is 2. The van der Waals surface area contributed by atoms with Crippen LogP contribution in [-0.2, 0) is 16.1 Å². The Morgan fingerprint density at radius 1 is 1.15 bits per heavy atom. The molecule has 0 N–H and O–H groups in total. The van der Waals surface area contributed by atoms with Gasteiger partial charge in [-0.25, -0.2) is 0 Å².